The summed E-state index contributed by atoms with van der Waals surface area (Å²) >= 11 is 8.05. The van der Waals surface area contributed by atoms with Crippen LogP contribution in [0.4, 0.5) is 5.82 Å². The lowest BCUT2D eigenvalue weighted by Crippen LogP contribution is -2.09. The SMILES string of the molecule is NNc1ccc(Cl)c(CSC2CCCC2)n1. The maximum Gasteiger partial charge on any atom is 0.140 e. The Morgan fingerprint density at radius 2 is 2.19 bits per heavy atom. The van der Waals surface area contributed by atoms with Crippen LogP contribution in [-0.4, -0.2) is 10.2 Å². The summed E-state index contributed by atoms with van der Waals surface area (Å²) in [7, 11) is 0. The first-order valence-corrected chi connectivity index (χ1v) is 6.96. The quantitative estimate of drug-likeness (QED) is 0.643. The van der Waals surface area contributed by atoms with Crippen LogP contribution in [0.15, 0.2) is 12.1 Å². The lowest BCUT2D eigenvalue weighted by Gasteiger charge is -2.10. The number of hydrazine groups is 1. The van der Waals surface area contributed by atoms with Crippen LogP contribution in [-0.2, 0) is 5.75 Å². The zero-order chi connectivity index (χ0) is 11.4. The predicted octanol–water partition coefficient (Wildman–Crippen LogP) is 3.20. The molecule has 2 rings (SSSR count). The van der Waals surface area contributed by atoms with E-state index in [1.54, 1.807) is 6.07 Å². The van der Waals surface area contributed by atoms with E-state index in [0.717, 1.165) is 21.7 Å². The Labute approximate surface area is 105 Å². The van der Waals surface area contributed by atoms with Gasteiger partial charge < -0.3 is 5.43 Å². The third-order valence-electron chi connectivity index (χ3n) is 2.82. The molecule has 16 heavy (non-hydrogen) atoms. The number of nitrogens with two attached hydrogens (primary N) is 1. The topological polar surface area (TPSA) is 50.9 Å². The van der Waals surface area contributed by atoms with E-state index in [0.29, 0.717) is 5.82 Å². The Hall–Kier alpha value is -0.450. The third-order valence-corrected chi connectivity index (χ3v) is 4.55. The number of thioether (sulfide) groups is 1. The molecule has 0 bridgehead atoms. The number of aromatic nitrogens is 1. The monoisotopic (exact) mass is 257 g/mol. The van der Waals surface area contributed by atoms with Crippen LogP contribution < -0.4 is 11.3 Å². The van der Waals surface area contributed by atoms with Gasteiger partial charge in [-0.25, -0.2) is 10.8 Å². The smallest absolute Gasteiger partial charge is 0.140 e. The van der Waals surface area contributed by atoms with Crippen molar-refractivity contribution in [2.45, 2.75) is 36.7 Å². The summed E-state index contributed by atoms with van der Waals surface area (Å²) in [4.78, 5) is 4.36. The van der Waals surface area contributed by atoms with E-state index in [1.165, 1.54) is 25.7 Å². The predicted molar refractivity (Wildman–Crippen MR) is 70.6 cm³/mol. The first kappa shape index (κ1) is 12.0. The van der Waals surface area contributed by atoms with Gasteiger partial charge in [-0.2, -0.15) is 11.8 Å². The van der Waals surface area contributed by atoms with Crippen LogP contribution >= 0.6 is 23.4 Å². The molecule has 1 fully saturated rings. The number of halogens is 1. The van der Waals surface area contributed by atoms with Gasteiger partial charge in [-0.3, -0.25) is 0 Å². The van der Waals surface area contributed by atoms with Crippen molar-refractivity contribution in [3.63, 3.8) is 0 Å². The molecule has 0 spiro atoms. The van der Waals surface area contributed by atoms with Gasteiger partial charge in [-0.1, -0.05) is 24.4 Å². The molecule has 3 nitrogen and oxygen atoms in total. The van der Waals surface area contributed by atoms with Gasteiger partial charge in [0, 0.05) is 11.0 Å². The maximum absolute atomic E-state index is 6.09. The van der Waals surface area contributed by atoms with Crippen LogP contribution in [0.25, 0.3) is 0 Å². The fraction of sp³-hybridized carbons (Fsp3) is 0.545. The molecule has 0 amide bonds. The van der Waals surface area contributed by atoms with Crippen molar-refractivity contribution >= 4 is 29.2 Å². The fourth-order valence-corrected chi connectivity index (χ4v) is 3.45. The summed E-state index contributed by atoms with van der Waals surface area (Å²) < 4.78 is 0. The van der Waals surface area contributed by atoms with Crippen molar-refractivity contribution in [2.75, 3.05) is 5.43 Å². The normalized spacial score (nSPS) is 16.6. The number of nitrogens with zero attached hydrogens (tertiary/aromatic N) is 1. The molecule has 0 aliphatic heterocycles. The summed E-state index contributed by atoms with van der Waals surface area (Å²) in [5.41, 5.74) is 3.47. The van der Waals surface area contributed by atoms with Crippen LogP contribution in [0.5, 0.6) is 0 Å². The Balaban J connectivity index is 1.96. The van der Waals surface area contributed by atoms with E-state index >= 15 is 0 Å². The number of rotatable bonds is 4. The second-order valence-corrected chi connectivity index (χ2v) is 5.68. The molecule has 1 aromatic heterocycles. The van der Waals surface area contributed by atoms with Gasteiger partial charge >= 0.3 is 0 Å². The molecule has 1 aliphatic carbocycles. The first-order chi connectivity index (χ1) is 7.79. The van der Waals surface area contributed by atoms with E-state index < -0.39 is 0 Å². The highest BCUT2D eigenvalue weighted by Gasteiger charge is 2.16. The maximum atomic E-state index is 6.09. The molecule has 5 heteroatoms. The number of nitrogen functional groups attached to an aromatic ring is 1. The minimum Gasteiger partial charge on any atom is -0.308 e. The highest BCUT2D eigenvalue weighted by atomic mass is 35.5. The van der Waals surface area contributed by atoms with Crippen molar-refractivity contribution in [2.24, 2.45) is 5.84 Å². The van der Waals surface area contributed by atoms with Crippen molar-refractivity contribution in [1.82, 2.24) is 4.98 Å². The Kier molecular flexibility index (Phi) is 4.32. The molecule has 0 unspecified atom stereocenters. The van der Waals surface area contributed by atoms with Crippen molar-refractivity contribution in [3.8, 4) is 0 Å². The van der Waals surface area contributed by atoms with Gasteiger partial charge in [-0.05, 0) is 25.0 Å². The van der Waals surface area contributed by atoms with E-state index in [1.807, 2.05) is 17.8 Å². The Morgan fingerprint density at radius 1 is 1.44 bits per heavy atom. The summed E-state index contributed by atoms with van der Waals surface area (Å²) in [5.74, 6) is 6.87. The van der Waals surface area contributed by atoms with E-state index in [2.05, 4.69) is 10.4 Å². The molecule has 1 aromatic rings. The Bertz CT molecular complexity index is 353. The highest BCUT2D eigenvalue weighted by molar-refractivity contribution is 7.99. The van der Waals surface area contributed by atoms with Crippen molar-refractivity contribution < 1.29 is 0 Å². The summed E-state index contributed by atoms with van der Waals surface area (Å²) in [6.45, 7) is 0. The molecule has 0 radical (unpaired) electrons. The number of hydrogen-bond acceptors (Lipinski definition) is 4. The third kappa shape index (κ3) is 3.03. The average Bonchev–Trinajstić information content (AvgIpc) is 2.81. The summed E-state index contributed by atoms with van der Waals surface area (Å²) in [6.07, 6.45) is 5.39. The van der Waals surface area contributed by atoms with Crippen LogP contribution in [0.3, 0.4) is 0 Å². The van der Waals surface area contributed by atoms with Gasteiger partial charge in [0.05, 0.1) is 10.7 Å². The minimum absolute atomic E-state index is 0.673. The lowest BCUT2D eigenvalue weighted by atomic mass is 10.3. The van der Waals surface area contributed by atoms with Gasteiger partial charge in [0.15, 0.2) is 0 Å². The standard InChI is InChI=1S/C11H16ClN3S/c12-9-5-6-11(15-13)14-10(9)7-16-8-3-1-2-4-8/h5-6,8H,1-4,7,13H2,(H,14,15). The van der Waals surface area contributed by atoms with Crippen molar-refractivity contribution in [3.05, 3.63) is 22.8 Å². The van der Waals surface area contributed by atoms with E-state index in [-0.39, 0.29) is 0 Å². The van der Waals surface area contributed by atoms with Crippen LogP contribution in [0, 0.1) is 0 Å². The Morgan fingerprint density at radius 3 is 2.88 bits per heavy atom. The molecular weight excluding hydrogens is 242 g/mol. The van der Waals surface area contributed by atoms with Gasteiger partial charge in [0.2, 0.25) is 0 Å². The second kappa shape index (κ2) is 5.75. The van der Waals surface area contributed by atoms with E-state index in [4.69, 9.17) is 17.4 Å². The molecule has 1 saturated carbocycles. The van der Waals surface area contributed by atoms with Crippen LogP contribution in [0.2, 0.25) is 5.02 Å². The molecule has 1 aliphatic rings. The zero-order valence-corrected chi connectivity index (χ0v) is 10.7. The number of pyridine rings is 1. The number of anilines is 1. The zero-order valence-electron chi connectivity index (χ0n) is 9.08. The number of nitrogens with one attached hydrogen (secondary N) is 1. The molecule has 1 heterocycles. The molecule has 88 valence electrons. The summed E-state index contributed by atoms with van der Waals surface area (Å²) in [6, 6.07) is 3.63. The van der Waals surface area contributed by atoms with Gasteiger partial charge in [0.1, 0.15) is 5.82 Å². The second-order valence-electron chi connectivity index (χ2n) is 3.99. The van der Waals surface area contributed by atoms with E-state index in [9.17, 15) is 0 Å². The molecular formula is C11H16ClN3S. The fourth-order valence-electron chi connectivity index (χ4n) is 1.92. The first-order valence-electron chi connectivity index (χ1n) is 5.53. The molecule has 0 saturated heterocycles. The summed E-state index contributed by atoms with van der Waals surface area (Å²) in [5, 5.41) is 1.51. The van der Waals surface area contributed by atoms with Crippen molar-refractivity contribution in [1.29, 1.82) is 0 Å². The van der Waals surface area contributed by atoms with Gasteiger partial charge in [-0.15, -0.1) is 0 Å². The lowest BCUT2D eigenvalue weighted by molar-refractivity contribution is 0.886. The minimum atomic E-state index is 0.673. The average molecular weight is 258 g/mol. The molecule has 0 aromatic carbocycles. The van der Waals surface area contributed by atoms with Crippen LogP contribution in [0.1, 0.15) is 31.4 Å². The number of hydrogen-bond donors (Lipinski definition) is 2. The highest BCUT2D eigenvalue weighted by Crippen LogP contribution is 2.32. The molecule has 3 N–H and O–H groups in total. The van der Waals surface area contributed by atoms with Gasteiger partial charge in [0.25, 0.3) is 0 Å². The largest absolute Gasteiger partial charge is 0.308 e. The molecule has 0 atom stereocenters.